The van der Waals surface area contributed by atoms with Crippen LogP contribution in [0.25, 0.3) is 5.65 Å². The maximum absolute atomic E-state index is 13.3. The molecule has 0 radical (unpaired) electrons. The van der Waals surface area contributed by atoms with E-state index < -0.39 is 41.5 Å². The average molecular weight is 462 g/mol. The van der Waals surface area contributed by atoms with Crippen molar-refractivity contribution >= 4 is 39.1 Å². The van der Waals surface area contributed by atoms with Crippen LogP contribution in [0.5, 0.6) is 0 Å². The van der Waals surface area contributed by atoms with Crippen LogP contribution >= 0.6 is 27.5 Å². The van der Waals surface area contributed by atoms with Crippen molar-refractivity contribution in [2.75, 3.05) is 6.54 Å². The summed E-state index contributed by atoms with van der Waals surface area (Å²) in [5.41, 5.74) is -1.63. The molecule has 26 heavy (non-hydrogen) atoms. The maximum Gasteiger partial charge on any atom is 0.435 e. The minimum absolute atomic E-state index is 0.0468. The number of carbonyl (C=O) groups is 1. The number of nitrogens with zero attached hydrogens (tertiary/aromatic N) is 4. The van der Waals surface area contributed by atoms with Gasteiger partial charge in [0.1, 0.15) is 5.15 Å². The van der Waals surface area contributed by atoms with Crippen molar-refractivity contribution in [1.82, 2.24) is 19.5 Å². The highest BCUT2D eigenvalue weighted by atomic mass is 79.9. The van der Waals surface area contributed by atoms with Gasteiger partial charge in [-0.2, -0.15) is 27.1 Å². The van der Waals surface area contributed by atoms with E-state index in [4.69, 9.17) is 11.6 Å². The van der Waals surface area contributed by atoms with Gasteiger partial charge in [-0.15, -0.1) is 0 Å². The predicted octanol–water partition coefficient (Wildman–Crippen LogP) is 4.13. The van der Waals surface area contributed by atoms with Crippen LogP contribution in [-0.2, 0) is 17.5 Å². The van der Waals surface area contributed by atoms with Gasteiger partial charge in [-0.25, -0.2) is 9.50 Å². The molecule has 12 heteroatoms. The SMILES string of the molecule is O=C1CC(CC(F)(F)Br)CN1Cc1c(C(F)(F)F)nc2ccc(Cl)nn12. The molecule has 1 unspecified atom stereocenters. The van der Waals surface area contributed by atoms with Crippen molar-refractivity contribution < 1.29 is 26.7 Å². The molecule has 5 nitrogen and oxygen atoms in total. The zero-order valence-corrected chi connectivity index (χ0v) is 15.2. The molecule has 1 aliphatic heterocycles. The van der Waals surface area contributed by atoms with E-state index in [1.807, 2.05) is 0 Å². The van der Waals surface area contributed by atoms with E-state index in [2.05, 4.69) is 26.0 Å². The summed E-state index contributed by atoms with van der Waals surface area (Å²) in [5, 5.41) is 3.76. The molecule has 1 aliphatic rings. The molecule has 1 saturated heterocycles. The third kappa shape index (κ3) is 4.08. The Kier molecular flexibility index (Phi) is 4.89. The lowest BCUT2D eigenvalue weighted by molar-refractivity contribution is -0.142. The number of hydrogen-bond acceptors (Lipinski definition) is 3. The molecule has 0 aromatic carbocycles. The van der Waals surface area contributed by atoms with E-state index >= 15 is 0 Å². The van der Waals surface area contributed by atoms with Crippen molar-refractivity contribution in [1.29, 1.82) is 0 Å². The molecule has 0 spiro atoms. The van der Waals surface area contributed by atoms with Gasteiger partial charge in [0.2, 0.25) is 5.91 Å². The number of rotatable bonds is 4. The fraction of sp³-hybridized carbons (Fsp3) is 0.500. The lowest BCUT2D eigenvalue weighted by Gasteiger charge is -2.18. The van der Waals surface area contributed by atoms with Gasteiger partial charge in [0, 0.05) is 19.4 Å². The van der Waals surface area contributed by atoms with E-state index in [-0.39, 0.29) is 29.5 Å². The highest BCUT2D eigenvalue weighted by molar-refractivity contribution is 9.09. The second-order valence-corrected chi connectivity index (χ2v) is 7.54. The van der Waals surface area contributed by atoms with Gasteiger partial charge in [-0.3, -0.25) is 4.79 Å². The first-order chi connectivity index (χ1) is 11.9. The molecule has 0 N–H and O–H groups in total. The van der Waals surface area contributed by atoms with Crippen LogP contribution < -0.4 is 0 Å². The summed E-state index contributed by atoms with van der Waals surface area (Å²) in [6.07, 6.45) is -5.51. The number of amides is 1. The Morgan fingerprint density at radius 2 is 1.96 bits per heavy atom. The predicted molar refractivity (Wildman–Crippen MR) is 85.0 cm³/mol. The Bertz CT molecular complexity index is 850. The summed E-state index contributed by atoms with van der Waals surface area (Å²) in [4.78, 5) is 13.6. The molecule has 0 saturated carbocycles. The molecule has 1 atom stereocenters. The third-order valence-electron chi connectivity index (χ3n) is 3.96. The lowest BCUT2D eigenvalue weighted by atomic mass is 10.1. The molecular formula is C14H11BrClF5N4O. The van der Waals surface area contributed by atoms with Crippen molar-refractivity contribution in [3.8, 4) is 0 Å². The van der Waals surface area contributed by atoms with Crippen LogP contribution in [0.3, 0.4) is 0 Å². The van der Waals surface area contributed by atoms with Crippen LogP contribution in [0.1, 0.15) is 24.2 Å². The smallest absolute Gasteiger partial charge is 0.336 e. The Labute approximate surface area is 157 Å². The van der Waals surface area contributed by atoms with E-state index in [9.17, 15) is 26.7 Å². The van der Waals surface area contributed by atoms with E-state index in [0.29, 0.717) is 0 Å². The molecule has 1 amide bonds. The zero-order valence-electron chi connectivity index (χ0n) is 12.9. The second kappa shape index (κ2) is 6.59. The maximum atomic E-state index is 13.3. The highest BCUT2D eigenvalue weighted by Crippen LogP contribution is 2.36. The van der Waals surface area contributed by atoms with Gasteiger partial charge in [0.25, 0.3) is 0 Å². The van der Waals surface area contributed by atoms with Gasteiger partial charge in [-0.05, 0) is 34.0 Å². The van der Waals surface area contributed by atoms with Crippen molar-refractivity contribution in [3.05, 3.63) is 28.7 Å². The van der Waals surface area contributed by atoms with Crippen LogP contribution in [0.4, 0.5) is 22.0 Å². The first kappa shape index (κ1) is 19.3. The van der Waals surface area contributed by atoms with Gasteiger partial charge in [0.05, 0.1) is 12.2 Å². The van der Waals surface area contributed by atoms with Crippen LogP contribution in [0.15, 0.2) is 12.1 Å². The number of halogens is 7. The standard InChI is InChI=1S/C14H11BrClF5N4O/c15-13(17,18)4-7-3-11(26)24(5-7)6-8-12(14(19,20)21)22-10-2-1-9(16)23-25(8)10/h1-2,7H,3-6H2. The molecule has 3 rings (SSSR count). The van der Waals surface area contributed by atoms with Crippen molar-refractivity contribution in [2.24, 2.45) is 5.92 Å². The molecule has 0 bridgehead atoms. The average Bonchev–Trinajstić information content (AvgIpc) is 2.98. The Balaban J connectivity index is 1.93. The quantitative estimate of drug-likeness (QED) is 0.508. The molecule has 2 aromatic rings. The minimum Gasteiger partial charge on any atom is -0.336 e. The molecule has 1 fully saturated rings. The Morgan fingerprint density at radius 1 is 1.27 bits per heavy atom. The first-order valence-corrected chi connectivity index (χ1v) is 8.57. The molecule has 142 valence electrons. The third-order valence-corrected chi connectivity index (χ3v) is 4.49. The fourth-order valence-electron chi connectivity index (χ4n) is 2.98. The summed E-state index contributed by atoms with van der Waals surface area (Å²) < 4.78 is 67.0. The summed E-state index contributed by atoms with van der Waals surface area (Å²) in [6.45, 7) is -0.530. The number of aromatic nitrogens is 3. The Morgan fingerprint density at radius 3 is 2.58 bits per heavy atom. The number of imidazole rings is 1. The first-order valence-electron chi connectivity index (χ1n) is 7.40. The number of carbonyl (C=O) groups excluding carboxylic acids is 1. The molecular weight excluding hydrogens is 451 g/mol. The van der Waals surface area contributed by atoms with Gasteiger partial charge >= 0.3 is 11.0 Å². The number of fused-ring (bicyclic) bond motifs is 1. The summed E-state index contributed by atoms with van der Waals surface area (Å²) in [7, 11) is 0. The van der Waals surface area contributed by atoms with E-state index in [0.717, 1.165) is 9.42 Å². The number of hydrogen-bond donors (Lipinski definition) is 0. The minimum atomic E-state index is -4.76. The molecule has 0 aliphatic carbocycles. The number of alkyl halides is 6. The molecule has 2 aromatic heterocycles. The van der Waals surface area contributed by atoms with Crippen LogP contribution in [-0.4, -0.2) is 36.8 Å². The Hall–Kier alpha value is -1.49. The second-order valence-electron chi connectivity index (χ2n) is 5.99. The summed E-state index contributed by atoms with van der Waals surface area (Å²) in [5.74, 6) is -1.17. The van der Waals surface area contributed by atoms with E-state index in [1.165, 1.54) is 12.1 Å². The fourth-order valence-corrected chi connectivity index (χ4v) is 3.57. The normalized spacial score (nSPS) is 19.0. The van der Waals surface area contributed by atoms with Gasteiger partial charge in [-0.1, -0.05) is 11.6 Å². The van der Waals surface area contributed by atoms with Gasteiger partial charge in [0.15, 0.2) is 11.3 Å². The largest absolute Gasteiger partial charge is 0.435 e. The summed E-state index contributed by atoms with van der Waals surface area (Å²) in [6, 6.07) is 2.57. The number of likely N-dealkylation sites (tertiary alicyclic amines) is 1. The highest BCUT2D eigenvalue weighted by Gasteiger charge is 2.41. The van der Waals surface area contributed by atoms with Crippen LogP contribution in [0, 0.1) is 5.92 Å². The topological polar surface area (TPSA) is 50.5 Å². The van der Waals surface area contributed by atoms with E-state index in [1.54, 1.807) is 0 Å². The van der Waals surface area contributed by atoms with Crippen molar-refractivity contribution in [3.63, 3.8) is 0 Å². The monoisotopic (exact) mass is 460 g/mol. The zero-order chi connectivity index (χ0) is 19.3. The van der Waals surface area contributed by atoms with Gasteiger partial charge < -0.3 is 4.90 Å². The lowest BCUT2D eigenvalue weighted by Crippen LogP contribution is -2.27. The van der Waals surface area contributed by atoms with Crippen LogP contribution in [0.2, 0.25) is 5.15 Å². The van der Waals surface area contributed by atoms with Crippen molar-refractivity contribution in [2.45, 2.75) is 30.4 Å². The molecule has 3 heterocycles. The summed E-state index contributed by atoms with van der Waals surface area (Å²) >= 11 is 7.96.